The first kappa shape index (κ1) is 18.0. The lowest BCUT2D eigenvalue weighted by Crippen LogP contribution is -2.54. The highest BCUT2D eigenvalue weighted by Gasteiger charge is 2.62. The van der Waals surface area contributed by atoms with E-state index in [1.807, 2.05) is 0 Å². The van der Waals surface area contributed by atoms with Crippen LogP contribution in [0.4, 0.5) is 0 Å². The molecule has 4 rings (SSSR count). The smallest absolute Gasteiger partial charge is 0.306 e. The summed E-state index contributed by atoms with van der Waals surface area (Å²) < 4.78 is 27.1. The van der Waals surface area contributed by atoms with Gasteiger partial charge in [-0.3, -0.25) is 14.9 Å². The third kappa shape index (κ3) is 2.90. The van der Waals surface area contributed by atoms with Gasteiger partial charge in [0.1, 0.15) is 0 Å². The van der Waals surface area contributed by atoms with Crippen molar-refractivity contribution >= 4 is 5.97 Å². The molecule has 0 aromatic heterocycles. The Kier molecular flexibility index (Phi) is 4.43. The molecule has 2 heterocycles. The van der Waals surface area contributed by atoms with E-state index in [1.165, 1.54) is 7.11 Å². The van der Waals surface area contributed by atoms with Crippen LogP contribution in [-0.2, 0) is 24.5 Å². The second-order valence-electron chi connectivity index (χ2n) is 7.05. The summed E-state index contributed by atoms with van der Waals surface area (Å²) in [7, 11) is 1.28. The highest BCUT2D eigenvalue weighted by atomic mass is 16.7. The number of rotatable bonds is 4. The van der Waals surface area contributed by atoms with E-state index in [0.717, 1.165) is 0 Å². The lowest BCUT2D eigenvalue weighted by molar-refractivity contribution is -0.603. The number of fused-ring (bicyclic) bond motifs is 1. The quantitative estimate of drug-likeness (QED) is 0.444. The molecular weight excluding hydrogens is 358 g/mol. The van der Waals surface area contributed by atoms with Crippen LogP contribution in [0.3, 0.4) is 0 Å². The Bertz CT molecular complexity index is 760. The number of carbonyl (C=O) groups is 1. The Labute approximate surface area is 155 Å². The van der Waals surface area contributed by atoms with Crippen LogP contribution in [0.2, 0.25) is 0 Å². The topological polar surface area (TPSA) is 106 Å². The Morgan fingerprint density at radius 2 is 2.04 bits per heavy atom. The molecule has 146 valence electrons. The third-order valence-electron chi connectivity index (χ3n) is 5.74. The standard InChI is InChI=1S/C18H21NO8/c1-23-16(20)9-13-4-5-17(26-6-7-27-17)10-18(13,19(21)22)12-2-3-14-15(8-12)25-11-24-14/h2-3,8,13H,4-7,9-11H2,1H3/t13-,18+/m1/s1. The van der Waals surface area contributed by atoms with E-state index < -0.39 is 23.2 Å². The Morgan fingerprint density at radius 1 is 1.30 bits per heavy atom. The van der Waals surface area contributed by atoms with Crippen LogP contribution in [-0.4, -0.2) is 43.8 Å². The predicted octanol–water partition coefficient (Wildman–Crippen LogP) is 1.99. The Morgan fingerprint density at radius 3 is 2.74 bits per heavy atom. The molecule has 2 fully saturated rings. The maximum absolute atomic E-state index is 12.5. The summed E-state index contributed by atoms with van der Waals surface area (Å²) in [5.41, 5.74) is -1.11. The molecule has 0 unspecified atom stereocenters. The average molecular weight is 379 g/mol. The van der Waals surface area contributed by atoms with Crippen molar-refractivity contribution in [3.63, 3.8) is 0 Å². The molecule has 0 radical (unpaired) electrons. The number of nitrogens with zero attached hydrogens (tertiary/aromatic N) is 1. The molecule has 0 amide bonds. The summed E-state index contributed by atoms with van der Waals surface area (Å²) >= 11 is 0. The van der Waals surface area contributed by atoms with Crippen LogP contribution < -0.4 is 9.47 Å². The van der Waals surface area contributed by atoms with Crippen molar-refractivity contribution in [2.45, 2.75) is 37.0 Å². The predicted molar refractivity (Wildman–Crippen MR) is 89.8 cm³/mol. The number of esters is 1. The number of benzene rings is 1. The molecule has 1 spiro atoms. The second-order valence-corrected chi connectivity index (χ2v) is 7.05. The highest BCUT2D eigenvalue weighted by molar-refractivity contribution is 5.69. The molecule has 3 aliphatic rings. The molecular formula is C18H21NO8. The van der Waals surface area contributed by atoms with Gasteiger partial charge in [-0.15, -0.1) is 0 Å². The summed E-state index contributed by atoms with van der Waals surface area (Å²) in [6.45, 7) is 0.874. The number of nitro groups is 1. The Hall–Kier alpha value is -2.39. The molecule has 1 saturated heterocycles. The number of methoxy groups -OCH3 is 1. The van der Waals surface area contributed by atoms with Crippen LogP contribution in [0, 0.1) is 16.0 Å². The molecule has 1 aromatic rings. The van der Waals surface area contributed by atoms with Crippen molar-refractivity contribution in [1.29, 1.82) is 0 Å². The number of hydrogen-bond acceptors (Lipinski definition) is 8. The van der Waals surface area contributed by atoms with E-state index in [0.29, 0.717) is 43.1 Å². The van der Waals surface area contributed by atoms with E-state index in [9.17, 15) is 14.9 Å². The van der Waals surface area contributed by atoms with Crippen molar-refractivity contribution in [3.05, 3.63) is 33.9 Å². The van der Waals surface area contributed by atoms with Crippen molar-refractivity contribution < 1.29 is 33.4 Å². The monoisotopic (exact) mass is 379 g/mol. The molecule has 2 atom stereocenters. The van der Waals surface area contributed by atoms with Crippen LogP contribution in [0.5, 0.6) is 11.5 Å². The second kappa shape index (κ2) is 6.65. The lowest BCUT2D eigenvalue weighted by atomic mass is 9.65. The van der Waals surface area contributed by atoms with Crippen LogP contribution in [0.1, 0.15) is 31.2 Å². The third-order valence-corrected chi connectivity index (χ3v) is 5.74. The summed E-state index contributed by atoms with van der Waals surface area (Å²) in [6.07, 6.45) is 0.871. The number of ether oxygens (including phenoxy) is 5. The number of hydrogen-bond donors (Lipinski definition) is 0. The van der Waals surface area contributed by atoms with Crippen molar-refractivity contribution in [3.8, 4) is 11.5 Å². The summed E-state index contributed by atoms with van der Waals surface area (Å²) in [5, 5.41) is 12.5. The maximum Gasteiger partial charge on any atom is 0.306 e. The van der Waals surface area contributed by atoms with E-state index in [1.54, 1.807) is 18.2 Å². The molecule has 1 saturated carbocycles. The normalized spacial score (nSPS) is 28.3. The molecule has 2 aliphatic heterocycles. The largest absolute Gasteiger partial charge is 0.469 e. The first-order chi connectivity index (χ1) is 13.0. The van der Waals surface area contributed by atoms with Crippen molar-refractivity contribution in [1.82, 2.24) is 0 Å². The lowest BCUT2D eigenvalue weighted by Gasteiger charge is -2.44. The van der Waals surface area contributed by atoms with Gasteiger partial charge in [0.05, 0.1) is 33.2 Å². The fourth-order valence-electron chi connectivity index (χ4n) is 4.40. The molecule has 9 nitrogen and oxygen atoms in total. The van der Waals surface area contributed by atoms with Gasteiger partial charge >= 0.3 is 5.97 Å². The van der Waals surface area contributed by atoms with Gasteiger partial charge in [-0.2, -0.15) is 0 Å². The number of carbonyl (C=O) groups excluding carboxylic acids is 1. The first-order valence-corrected chi connectivity index (χ1v) is 8.88. The fraction of sp³-hybridized carbons (Fsp3) is 0.611. The molecule has 1 aromatic carbocycles. The van der Waals surface area contributed by atoms with Gasteiger partial charge in [0.15, 0.2) is 17.3 Å². The van der Waals surface area contributed by atoms with Crippen LogP contribution in [0.15, 0.2) is 18.2 Å². The zero-order valence-electron chi connectivity index (χ0n) is 15.0. The highest BCUT2D eigenvalue weighted by Crippen LogP contribution is 2.53. The van der Waals surface area contributed by atoms with E-state index in [2.05, 4.69) is 0 Å². The van der Waals surface area contributed by atoms with E-state index in [-0.39, 0.29) is 24.6 Å². The maximum atomic E-state index is 12.5. The zero-order chi connectivity index (χ0) is 19.1. The van der Waals surface area contributed by atoms with Gasteiger partial charge in [0.25, 0.3) is 5.54 Å². The fourth-order valence-corrected chi connectivity index (χ4v) is 4.40. The van der Waals surface area contributed by atoms with Gasteiger partial charge < -0.3 is 23.7 Å². The van der Waals surface area contributed by atoms with E-state index >= 15 is 0 Å². The molecule has 0 bridgehead atoms. The Balaban J connectivity index is 1.80. The van der Waals surface area contributed by atoms with Gasteiger partial charge in [0, 0.05) is 22.8 Å². The molecule has 9 heteroatoms. The van der Waals surface area contributed by atoms with Crippen molar-refractivity contribution in [2.24, 2.45) is 5.92 Å². The average Bonchev–Trinajstić information content (AvgIpc) is 3.31. The minimum Gasteiger partial charge on any atom is -0.469 e. The van der Waals surface area contributed by atoms with Gasteiger partial charge in [-0.25, -0.2) is 0 Å². The van der Waals surface area contributed by atoms with Crippen LogP contribution >= 0.6 is 0 Å². The summed E-state index contributed by atoms with van der Waals surface area (Å²) in [4.78, 5) is 24.1. The summed E-state index contributed by atoms with van der Waals surface area (Å²) in [5.74, 6) is -1.04. The zero-order valence-corrected chi connectivity index (χ0v) is 15.0. The van der Waals surface area contributed by atoms with Gasteiger partial charge in [-0.1, -0.05) is 0 Å². The SMILES string of the molecule is COC(=O)C[C@H]1CCC2(C[C@@]1(c1ccc3c(c1)OCO3)[N+](=O)[O-])OCCO2. The van der Waals surface area contributed by atoms with E-state index in [4.69, 9.17) is 23.7 Å². The molecule has 27 heavy (non-hydrogen) atoms. The van der Waals surface area contributed by atoms with Crippen molar-refractivity contribution in [2.75, 3.05) is 27.1 Å². The molecule has 0 N–H and O–H groups in total. The minimum atomic E-state index is -1.56. The minimum absolute atomic E-state index is 0.0221. The van der Waals surface area contributed by atoms with Gasteiger partial charge in [0.2, 0.25) is 6.79 Å². The van der Waals surface area contributed by atoms with Gasteiger partial charge in [-0.05, 0) is 24.6 Å². The molecule has 1 aliphatic carbocycles. The first-order valence-electron chi connectivity index (χ1n) is 8.88. The summed E-state index contributed by atoms with van der Waals surface area (Å²) in [6, 6.07) is 4.95. The van der Waals surface area contributed by atoms with Crippen LogP contribution in [0.25, 0.3) is 0 Å².